The van der Waals surface area contributed by atoms with Crippen molar-refractivity contribution in [2.24, 2.45) is 0 Å². The first kappa shape index (κ1) is 19.6. The highest BCUT2D eigenvalue weighted by atomic mass is 79.9. The molecule has 1 amide bonds. The zero-order chi connectivity index (χ0) is 19.9. The Bertz CT molecular complexity index is 977. The Labute approximate surface area is 169 Å². The fourth-order valence-electron chi connectivity index (χ4n) is 2.29. The van der Waals surface area contributed by atoms with Gasteiger partial charge in [-0.05, 0) is 54.6 Å². The van der Waals surface area contributed by atoms with Crippen LogP contribution in [0.1, 0.15) is 10.4 Å². The minimum atomic E-state index is -0.677. The highest BCUT2D eigenvalue weighted by Gasteiger charge is 2.10. The quantitative estimate of drug-likeness (QED) is 0.437. The van der Waals surface area contributed by atoms with Crippen LogP contribution in [0.2, 0.25) is 0 Å². The molecule has 0 saturated heterocycles. The van der Waals surface area contributed by atoms with E-state index in [1.165, 1.54) is 12.1 Å². The second-order valence-electron chi connectivity index (χ2n) is 5.68. The predicted octanol–water partition coefficient (Wildman–Crippen LogP) is 4.82. The molecule has 0 saturated carbocycles. The normalized spacial score (nSPS) is 10.2. The van der Waals surface area contributed by atoms with Crippen LogP contribution in [0, 0.1) is 5.82 Å². The summed E-state index contributed by atoms with van der Waals surface area (Å²) >= 11 is 3.14. The number of nitrogens with one attached hydrogen (secondary N) is 1. The molecule has 7 heteroatoms. The number of carbonyl (C=O) groups excluding carboxylic acids is 2. The minimum Gasteiger partial charge on any atom is -0.479 e. The fourth-order valence-corrected chi connectivity index (χ4v) is 2.62. The summed E-state index contributed by atoms with van der Waals surface area (Å²) in [6.07, 6.45) is 0. The van der Waals surface area contributed by atoms with Gasteiger partial charge in [-0.15, -0.1) is 0 Å². The first-order valence-corrected chi connectivity index (χ1v) is 9.05. The number of carbonyl (C=O) groups is 2. The van der Waals surface area contributed by atoms with Crippen molar-refractivity contribution >= 4 is 33.5 Å². The lowest BCUT2D eigenvalue weighted by Crippen LogP contribution is -2.18. The van der Waals surface area contributed by atoms with Gasteiger partial charge >= 0.3 is 5.97 Å². The van der Waals surface area contributed by atoms with Gasteiger partial charge in [-0.1, -0.05) is 34.1 Å². The van der Waals surface area contributed by atoms with Crippen molar-refractivity contribution in [3.63, 3.8) is 0 Å². The number of hydrogen-bond acceptors (Lipinski definition) is 4. The van der Waals surface area contributed by atoms with E-state index in [0.717, 1.165) is 0 Å². The van der Waals surface area contributed by atoms with Crippen LogP contribution in [0.25, 0.3) is 0 Å². The van der Waals surface area contributed by atoms with Crippen molar-refractivity contribution in [3.05, 3.63) is 88.6 Å². The number of halogens is 2. The van der Waals surface area contributed by atoms with E-state index in [2.05, 4.69) is 21.2 Å². The van der Waals surface area contributed by atoms with Gasteiger partial charge in [0.15, 0.2) is 18.2 Å². The van der Waals surface area contributed by atoms with Crippen LogP contribution in [0.5, 0.6) is 11.5 Å². The maximum Gasteiger partial charge on any atom is 0.349 e. The summed E-state index contributed by atoms with van der Waals surface area (Å²) in [5.41, 5.74) is 1.09. The Kier molecular flexibility index (Phi) is 6.39. The molecule has 28 heavy (non-hydrogen) atoms. The second kappa shape index (κ2) is 9.14. The molecular weight excluding hydrogens is 429 g/mol. The lowest BCUT2D eigenvalue weighted by atomic mass is 10.2. The third kappa shape index (κ3) is 5.40. The number of anilines is 1. The summed E-state index contributed by atoms with van der Waals surface area (Å²) in [5.74, 6) is -1.26. The Hall–Kier alpha value is -3.19. The number of hydrogen-bond donors (Lipinski definition) is 1. The molecule has 0 aromatic heterocycles. The summed E-state index contributed by atoms with van der Waals surface area (Å²) in [7, 11) is 0. The largest absolute Gasteiger partial charge is 0.479 e. The maximum atomic E-state index is 13.7. The highest BCUT2D eigenvalue weighted by Crippen LogP contribution is 2.22. The first-order valence-electron chi connectivity index (χ1n) is 8.26. The molecule has 3 aromatic rings. The number of amides is 1. The van der Waals surface area contributed by atoms with Crippen LogP contribution < -0.4 is 14.8 Å². The van der Waals surface area contributed by atoms with Crippen LogP contribution in [-0.2, 0) is 4.79 Å². The van der Waals surface area contributed by atoms with E-state index in [1.54, 1.807) is 54.6 Å². The summed E-state index contributed by atoms with van der Waals surface area (Å²) in [6, 6.07) is 19.4. The van der Waals surface area contributed by atoms with Crippen LogP contribution in [0.15, 0.2) is 77.3 Å². The molecule has 1 N–H and O–H groups in total. The summed E-state index contributed by atoms with van der Waals surface area (Å²) in [5, 5.41) is 2.75. The molecule has 3 aromatic carbocycles. The van der Waals surface area contributed by atoms with E-state index in [-0.39, 0.29) is 17.4 Å². The Balaban J connectivity index is 1.52. The lowest BCUT2D eigenvalue weighted by molar-refractivity contribution is -0.136. The standard InChI is InChI=1S/C21H15BrFNO4/c22-15-6-11-19(18(23)12-15)27-13-20(25)28-17-9-7-16(8-10-17)24-21(26)14-4-2-1-3-5-14/h1-12H,13H2,(H,24,26). The predicted molar refractivity (Wildman–Crippen MR) is 106 cm³/mol. The fraction of sp³-hybridized carbons (Fsp3) is 0.0476. The molecule has 0 bridgehead atoms. The van der Waals surface area contributed by atoms with Gasteiger partial charge in [0.05, 0.1) is 0 Å². The van der Waals surface area contributed by atoms with Gasteiger partial charge in [0.2, 0.25) is 0 Å². The van der Waals surface area contributed by atoms with Gasteiger partial charge in [-0.25, -0.2) is 9.18 Å². The van der Waals surface area contributed by atoms with Crippen LogP contribution in [0.4, 0.5) is 10.1 Å². The van der Waals surface area contributed by atoms with Crippen LogP contribution in [-0.4, -0.2) is 18.5 Å². The smallest absolute Gasteiger partial charge is 0.349 e. The molecule has 0 radical (unpaired) electrons. The molecule has 0 spiro atoms. The van der Waals surface area contributed by atoms with Crippen molar-refractivity contribution in [2.75, 3.05) is 11.9 Å². The van der Waals surface area contributed by atoms with Crippen molar-refractivity contribution in [2.45, 2.75) is 0 Å². The zero-order valence-corrected chi connectivity index (χ0v) is 16.1. The molecule has 3 rings (SSSR count). The Morgan fingerprint density at radius 1 is 0.964 bits per heavy atom. The van der Waals surface area contributed by atoms with Gasteiger partial charge in [0.25, 0.3) is 5.91 Å². The molecule has 0 aliphatic heterocycles. The monoisotopic (exact) mass is 443 g/mol. The molecular formula is C21H15BrFNO4. The van der Waals surface area contributed by atoms with Crippen LogP contribution >= 0.6 is 15.9 Å². The SMILES string of the molecule is O=C(COc1ccc(Br)cc1F)Oc1ccc(NC(=O)c2ccccc2)cc1. The number of ether oxygens (including phenoxy) is 2. The van der Waals surface area contributed by atoms with Gasteiger partial charge < -0.3 is 14.8 Å². The van der Waals surface area contributed by atoms with Crippen molar-refractivity contribution in [3.8, 4) is 11.5 Å². The van der Waals surface area contributed by atoms with Crippen molar-refractivity contribution in [1.29, 1.82) is 0 Å². The number of rotatable bonds is 6. The molecule has 0 aliphatic rings. The summed E-state index contributed by atoms with van der Waals surface area (Å²) < 4.78 is 24.5. The summed E-state index contributed by atoms with van der Waals surface area (Å²) in [6.45, 7) is -0.439. The number of benzene rings is 3. The van der Waals surface area contributed by atoms with Gasteiger partial charge in [0.1, 0.15) is 5.75 Å². The molecule has 0 aliphatic carbocycles. The van der Waals surface area contributed by atoms with E-state index in [1.807, 2.05) is 6.07 Å². The third-order valence-electron chi connectivity index (χ3n) is 3.62. The average molecular weight is 444 g/mol. The van der Waals surface area contributed by atoms with Gasteiger partial charge in [-0.2, -0.15) is 0 Å². The summed E-state index contributed by atoms with van der Waals surface area (Å²) in [4.78, 5) is 24.0. The highest BCUT2D eigenvalue weighted by molar-refractivity contribution is 9.10. The topological polar surface area (TPSA) is 64.6 Å². The molecule has 142 valence electrons. The first-order chi connectivity index (χ1) is 13.5. The van der Waals surface area contributed by atoms with Gasteiger partial charge in [-0.3, -0.25) is 4.79 Å². The van der Waals surface area contributed by atoms with Gasteiger partial charge in [0, 0.05) is 15.7 Å². The third-order valence-corrected chi connectivity index (χ3v) is 4.11. The molecule has 0 heterocycles. The lowest BCUT2D eigenvalue weighted by Gasteiger charge is -2.09. The molecule has 5 nitrogen and oxygen atoms in total. The van der Waals surface area contributed by atoms with E-state index in [9.17, 15) is 14.0 Å². The van der Waals surface area contributed by atoms with E-state index >= 15 is 0 Å². The average Bonchev–Trinajstić information content (AvgIpc) is 2.69. The van der Waals surface area contributed by atoms with Crippen molar-refractivity contribution < 1.29 is 23.5 Å². The zero-order valence-electron chi connectivity index (χ0n) is 14.5. The molecule has 0 atom stereocenters. The number of esters is 1. The molecule has 0 fully saturated rings. The Morgan fingerprint density at radius 3 is 2.36 bits per heavy atom. The van der Waals surface area contributed by atoms with E-state index in [0.29, 0.717) is 15.7 Å². The minimum absolute atomic E-state index is 0.0425. The maximum absolute atomic E-state index is 13.7. The van der Waals surface area contributed by atoms with Crippen LogP contribution in [0.3, 0.4) is 0 Å². The van der Waals surface area contributed by atoms with E-state index < -0.39 is 18.4 Å². The molecule has 0 unspecified atom stereocenters. The van der Waals surface area contributed by atoms with E-state index in [4.69, 9.17) is 9.47 Å². The second-order valence-corrected chi connectivity index (χ2v) is 6.60. The Morgan fingerprint density at radius 2 is 1.68 bits per heavy atom. The van der Waals surface area contributed by atoms with Crippen molar-refractivity contribution in [1.82, 2.24) is 0 Å².